The van der Waals surface area contributed by atoms with Gasteiger partial charge in [0.15, 0.2) is 0 Å². The smallest absolute Gasteiger partial charge is 0.303 e. The van der Waals surface area contributed by atoms with E-state index in [-0.39, 0.29) is 0 Å². The summed E-state index contributed by atoms with van der Waals surface area (Å²) in [4.78, 5) is 12.7. The van der Waals surface area contributed by atoms with Crippen LogP contribution < -0.4 is 0 Å². The molecule has 3 heteroatoms. The first-order valence-electron chi connectivity index (χ1n) is 4.50. The van der Waals surface area contributed by atoms with E-state index in [2.05, 4.69) is 18.9 Å². The highest BCUT2D eigenvalue weighted by molar-refractivity contribution is 5.67. The van der Waals surface area contributed by atoms with Gasteiger partial charge in [-0.25, -0.2) is 0 Å². The minimum Gasteiger partial charge on any atom is -0.481 e. The standard InChI is InChI=1S/C9H17NO2/c1-7-3-4-10(2)6-8(7)5-9(11)12/h7-8H,3-6H2,1-2H3,(H,11,12). The lowest BCUT2D eigenvalue weighted by atomic mass is 9.85. The molecule has 70 valence electrons. The lowest BCUT2D eigenvalue weighted by molar-refractivity contribution is -0.139. The van der Waals surface area contributed by atoms with Crippen molar-refractivity contribution < 1.29 is 9.90 Å². The number of rotatable bonds is 2. The van der Waals surface area contributed by atoms with Gasteiger partial charge in [0.2, 0.25) is 0 Å². The number of piperidine rings is 1. The molecule has 2 atom stereocenters. The lowest BCUT2D eigenvalue weighted by Gasteiger charge is -2.33. The van der Waals surface area contributed by atoms with Crippen molar-refractivity contribution in [2.75, 3.05) is 20.1 Å². The summed E-state index contributed by atoms with van der Waals surface area (Å²) in [7, 11) is 2.06. The summed E-state index contributed by atoms with van der Waals surface area (Å²) in [6.07, 6.45) is 1.46. The molecular weight excluding hydrogens is 154 g/mol. The van der Waals surface area contributed by atoms with Crippen LogP contribution in [0.1, 0.15) is 19.8 Å². The van der Waals surface area contributed by atoms with Gasteiger partial charge in [0.1, 0.15) is 0 Å². The molecule has 0 bridgehead atoms. The topological polar surface area (TPSA) is 40.5 Å². The Labute approximate surface area is 73.4 Å². The second-order valence-electron chi connectivity index (χ2n) is 3.89. The molecule has 1 N–H and O–H groups in total. The van der Waals surface area contributed by atoms with Gasteiger partial charge in [-0.3, -0.25) is 4.79 Å². The van der Waals surface area contributed by atoms with Crippen LogP contribution in [0, 0.1) is 11.8 Å². The highest BCUT2D eigenvalue weighted by Gasteiger charge is 2.25. The van der Waals surface area contributed by atoms with E-state index in [1.807, 2.05) is 0 Å². The second-order valence-corrected chi connectivity index (χ2v) is 3.89. The molecule has 1 heterocycles. The zero-order valence-corrected chi connectivity index (χ0v) is 7.79. The number of carboxylic acids is 1. The summed E-state index contributed by atoms with van der Waals surface area (Å²) in [5.74, 6) is 0.251. The molecule has 0 aliphatic carbocycles. The van der Waals surface area contributed by atoms with Gasteiger partial charge in [0, 0.05) is 13.0 Å². The van der Waals surface area contributed by atoms with Gasteiger partial charge in [0.05, 0.1) is 0 Å². The normalized spacial score (nSPS) is 31.8. The third-order valence-electron chi connectivity index (χ3n) is 2.75. The van der Waals surface area contributed by atoms with Crippen LogP contribution in [0.15, 0.2) is 0 Å². The number of likely N-dealkylation sites (tertiary alicyclic amines) is 1. The number of hydrogen-bond acceptors (Lipinski definition) is 2. The summed E-state index contributed by atoms with van der Waals surface area (Å²) in [5, 5.41) is 8.65. The van der Waals surface area contributed by atoms with Crippen LogP contribution >= 0.6 is 0 Å². The van der Waals surface area contributed by atoms with Crippen molar-refractivity contribution in [3.8, 4) is 0 Å². The Morgan fingerprint density at radius 2 is 2.33 bits per heavy atom. The van der Waals surface area contributed by atoms with E-state index in [4.69, 9.17) is 5.11 Å². The van der Waals surface area contributed by atoms with Crippen LogP contribution in [0.4, 0.5) is 0 Å². The SMILES string of the molecule is CC1CCN(C)CC1CC(=O)O. The van der Waals surface area contributed by atoms with E-state index < -0.39 is 5.97 Å². The molecule has 0 saturated carbocycles. The number of aliphatic carboxylic acids is 1. The molecule has 3 nitrogen and oxygen atoms in total. The van der Waals surface area contributed by atoms with Crippen molar-refractivity contribution in [3.05, 3.63) is 0 Å². The van der Waals surface area contributed by atoms with Crippen LogP contribution in [-0.4, -0.2) is 36.1 Å². The lowest BCUT2D eigenvalue weighted by Crippen LogP contribution is -2.37. The molecule has 0 aromatic rings. The first-order valence-corrected chi connectivity index (χ1v) is 4.50. The summed E-state index contributed by atoms with van der Waals surface area (Å²) >= 11 is 0. The first kappa shape index (κ1) is 9.52. The Morgan fingerprint density at radius 1 is 1.67 bits per heavy atom. The van der Waals surface area contributed by atoms with Crippen molar-refractivity contribution in [1.82, 2.24) is 4.90 Å². The van der Waals surface area contributed by atoms with Gasteiger partial charge in [0.25, 0.3) is 0 Å². The third kappa shape index (κ3) is 2.48. The molecule has 1 aliphatic rings. The van der Waals surface area contributed by atoms with Crippen LogP contribution in [-0.2, 0) is 4.79 Å². The zero-order chi connectivity index (χ0) is 9.14. The molecule has 1 rings (SSSR count). The van der Waals surface area contributed by atoms with Crippen molar-refractivity contribution in [1.29, 1.82) is 0 Å². The zero-order valence-electron chi connectivity index (χ0n) is 7.79. The van der Waals surface area contributed by atoms with Crippen molar-refractivity contribution in [2.45, 2.75) is 19.8 Å². The fourth-order valence-electron chi connectivity index (χ4n) is 1.82. The first-order chi connectivity index (χ1) is 5.59. The molecule has 0 aromatic carbocycles. The summed E-state index contributed by atoms with van der Waals surface area (Å²) in [6, 6.07) is 0. The molecule has 1 fully saturated rings. The van der Waals surface area contributed by atoms with Crippen molar-refractivity contribution in [3.63, 3.8) is 0 Å². The second kappa shape index (κ2) is 3.90. The maximum absolute atomic E-state index is 10.5. The predicted octanol–water partition coefficient (Wildman–Crippen LogP) is 1.05. The number of hydrogen-bond donors (Lipinski definition) is 1. The molecular formula is C9H17NO2. The molecule has 1 saturated heterocycles. The monoisotopic (exact) mass is 171 g/mol. The van der Waals surface area contributed by atoms with Crippen molar-refractivity contribution >= 4 is 5.97 Å². The molecule has 2 unspecified atom stereocenters. The molecule has 0 amide bonds. The molecule has 0 aromatic heterocycles. The van der Waals surface area contributed by atoms with Gasteiger partial charge >= 0.3 is 5.97 Å². The van der Waals surface area contributed by atoms with E-state index in [1.165, 1.54) is 0 Å². The number of nitrogens with zero attached hydrogens (tertiary/aromatic N) is 1. The van der Waals surface area contributed by atoms with Crippen LogP contribution in [0.25, 0.3) is 0 Å². The summed E-state index contributed by atoms with van der Waals surface area (Å²) < 4.78 is 0. The van der Waals surface area contributed by atoms with Gasteiger partial charge in [-0.1, -0.05) is 6.92 Å². The fraction of sp³-hybridized carbons (Fsp3) is 0.889. The number of carboxylic acid groups (broad SMARTS) is 1. The molecule has 0 spiro atoms. The van der Waals surface area contributed by atoms with E-state index in [0.29, 0.717) is 18.3 Å². The minimum atomic E-state index is -0.665. The van der Waals surface area contributed by atoms with E-state index >= 15 is 0 Å². The number of carbonyl (C=O) groups is 1. The highest BCUT2D eigenvalue weighted by atomic mass is 16.4. The predicted molar refractivity (Wildman–Crippen MR) is 47.0 cm³/mol. The van der Waals surface area contributed by atoms with E-state index in [9.17, 15) is 4.79 Å². The molecule has 0 radical (unpaired) electrons. The average Bonchev–Trinajstić information content (AvgIpc) is 1.96. The van der Waals surface area contributed by atoms with Gasteiger partial charge < -0.3 is 10.0 Å². The van der Waals surface area contributed by atoms with E-state index in [0.717, 1.165) is 19.5 Å². The van der Waals surface area contributed by atoms with Gasteiger partial charge in [-0.2, -0.15) is 0 Å². The largest absolute Gasteiger partial charge is 0.481 e. The maximum Gasteiger partial charge on any atom is 0.303 e. The van der Waals surface area contributed by atoms with Crippen molar-refractivity contribution in [2.24, 2.45) is 11.8 Å². The summed E-state index contributed by atoms with van der Waals surface area (Å²) in [5.41, 5.74) is 0. The Hall–Kier alpha value is -0.570. The minimum absolute atomic E-state index is 0.325. The van der Waals surface area contributed by atoms with Gasteiger partial charge in [-0.15, -0.1) is 0 Å². The Balaban J connectivity index is 2.43. The van der Waals surface area contributed by atoms with Crippen LogP contribution in [0.2, 0.25) is 0 Å². The molecule has 12 heavy (non-hydrogen) atoms. The average molecular weight is 171 g/mol. The highest BCUT2D eigenvalue weighted by Crippen LogP contribution is 2.24. The summed E-state index contributed by atoms with van der Waals surface area (Å²) in [6.45, 7) is 4.20. The van der Waals surface area contributed by atoms with Gasteiger partial charge in [-0.05, 0) is 31.8 Å². The quantitative estimate of drug-likeness (QED) is 0.675. The van der Waals surface area contributed by atoms with Crippen LogP contribution in [0.5, 0.6) is 0 Å². The fourth-order valence-corrected chi connectivity index (χ4v) is 1.82. The Morgan fingerprint density at radius 3 is 2.92 bits per heavy atom. The molecule has 1 aliphatic heterocycles. The Kier molecular flexibility index (Phi) is 3.09. The maximum atomic E-state index is 10.5. The van der Waals surface area contributed by atoms with E-state index in [1.54, 1.807) is 0 Å². The third-order valence-corrected chi connectivity index (χ3v) is 2.75. The van der Waals surface area contributed by atoms with Crippen LogP contribution in [0.3, 0.4) is 0 Å². The Bertz CT molecular complexity index is 170.